The quantitative estimate of drug-likeness (QED) is 0.233. The van der Waals surface area contributed by atoms with Gasteiger partial charge in [0.2, 0.25) is 0 Å². The van der Waals surface area contributed by atoms with Crippen LogP contribution in [0.4, 0.5) is 0 Å². The standard InChI is InChI=1S/C18H38.C6H14O3/c1-3-5-7-9-11-13-15-17-18-16-14-12-10-8-6-4-2;1-5(8)4-9-6(2)3-7/h3-18H2,1-2H3;5-8H,3-4H2,1-2H3. The first kappa shape index (κ1) is 29.1. The molecule has 0 aliphatic heterocycles. The zero-order valence-electron chi connectivity index (χ0n) is 19.2. The molecule has 0 fully saturated rings. The maximum Gasteiger partial charge on any atom is 0.0779 e. The average Bonchev–Trinajstić information content (AvgIpc) is 2.67. The first-order valence-electron chi connectivity index (χ1n) is 12.0. The number of rotatable bonds is 19. The van der Waals surface area contributed by atoms with Gasteiger partial charge in [-0.1, -0.05) is 117 Å². The van der Waals surface area contributed by atoms with Crippen molar-refractivity contribution in [2.75, 3.05) is 13.2 Å². The molecule has 2 atom stereocenters. The van der Waals surface area contributed by atoms with Crippen LogP contribution in [-0.4, -0.2) is 35.6 Å². The molecule has 0 amide bonds. The first-order chi connectivity index (χ1) is 13.1. The van der Waals surface area contributed by atoms with Crippen LogP contribution in [-0.2, 0) is 4.74 Å². The van der Waals surface area contributed by atoms with Crippen LogP contribution in [0.5, 0.6) is 0 Å². The molecule has 0 rings (SSSR count). The van der Waals surface area contributed by atoms with Crippen LogP contribution in [0, 0.1) is 0 Å². The summed E-state index contributed by atoms with van der Waals surface area (Å²) in [6.45, 7) is 8.28. The molecule has 0 aromatic heterocycles. The van der Waals surface area contributed by atoms with E-state index in [4.69, 9.17) is 14.9 Å². The molecule has 0 aliphatic rings. The molecule has 3 nitrogen and oxygen atoms in total. The van der Waals surface area contributed by atoms with Gasteiger partial charge in [0.1, 0.15) is 0 Å². The second kappa shape index (κ2) is 25.9. The Balaban J connectivity index is 0. The predicted molar refractivity (Wildman–Crippen MR) is 119 cm³/mol. The molecule has 166 valence electrons. The summed E-state index contributed by atoms with van der Waals surface area (Å²) in [5.74, 6) is 0. The van der Waals surface area contributed by atoms with Crippen LogP contribution in [0.1, 0.15) is 130 Å². The van der Waals surface area contributed by atoms with Crippen LogP contribution >= 0.6 is 0 Å². The van der Waals surface area contributed by atoms with Crippen molar-refractivity contribution in [1.82, 2.24) is 0 Å². The third kappa shape index (κ3) is 30.8. The van der Waals surface area contributed by atoms with E-state index in [0.29, 0.717) is 6.61 Å². The topological polar surface area (TPSA) is 49.7 Å². The smallest absolute Gasteiger partial charge is 0.0779 e. The van der Waals surface area contributed by atoms with E-state index < -0.39 is 6.10 Å². The van der Waals surface area contributed by atoms with Gasteiger partial charge in [0.15, 0.2) is 0 Å². The van der Waals surface area contributed by atoms with E-state index in [0.717, 1.165) is 0 Å². The lowest BCUT2D eigenvalue weighted by Crippen LogP contribution is -2.19. The van der Waals surface area contributed by atoms with Gasteiger partial charge in [-0.05, 0) is 13.8 Å². The first-order valence-corrected chi connectivity index (χ1v) is 12.0. The Bertz CT molecular complexity index is 228. The van der Waals surface area contributed by atoms with Gasteiger partial charge in [0.05, 0.1) is 25.4 Å². The maximum atomic E-state index is 8.69. The Kier molecular flexibility index (Phi) is 27.9. The van der Waals surface area contributed by atoms with Gasteiger partial charge in [-0.15, -0.1) is 0 Å². The lowest BCUT2D eigenvalue weighted by molar-refractivity contribution is -0.0177. The van der Waals surface area contributed by atoms with Gasteiger partial charge < -0.3 is 14.9 Å². The normalized spacial score (nSPS) is 13.1. The van der Waals surface area contributed by atoms with Crippen LogP contribution in [0.3, 0.4) is 0 Å². The molecule has 0 bridgehead atoms. The second-order valence-electron chi connectivity index (χ2n) is 8.13. The van der Waals surface area contributed by atoms with Crippen molar-refractivity contribution in [3.63, 3.8) is 0 Å². The Morgan fingerprint density at radius 3 is 1.11 bits per heavy atom. The molecular weight excluding hydrogens is 336 g/mol. The fourth-order valence-corrected chi connectivity index (χ4v) is 2.98. The zero-order chi connectivity index (χ0) is 20.6. The molecule has 0 saturated carbocycles. The Hall–Kier alpha value is -0.120. The molecule has 2 unspecified atom stereocenters. The average molecular weight is 389 g/mol. The molecular formula is C24H52O3. The number of hydrogen-bond acceptors (Lipinski definition) is 3. The van der Waals surface area contributed by atoms with Gasteiger partial charge in [0.25, 0.3) is 0 Å². The largest absolute Gasteiger partial charge is 0.394 e. The molecule has 0 aliphatic carbocycles. The molecule has 0 spiro atoms. The van der Waals surface area contributed by atoms with Crippen LogP contribution < -0.4 is 0 Å². The zero-order valence-corrected chi connectivity index (χ0v) is 19.2. The summed E-state index contributed by atoms with van der Waals surface area (Å²) in [6.07, 6.45) is 22.8. The fourth-order valence-electron chi connectivity index (χ4n) is 2.98. The maximum absolute atomic E-state index is 8.69. The third-order valence-corrected chi connectivity index (χ3v) is 4.84. The van der Waals surface area contributed by atoms with Crippen LogP contribution in [0.2, 0.25) is 0 Å². The highest BCUT2D eigenvalue weighted by Gasteiger charge is 2.00. The van der Waals surface area contributed by atoms with Crippen molar-refractivity contribution in [3.8, 4) is 0 Å². The fraction of sp³-hybridized carbons (Fsp3) is 1.00. The highest BCUT2D eigenvalue weighted by Crippen LogP contribution is 2.13. The highest BCUT2D eigenvalue weighted by atomic mass is 16.5. The molecule has 3 heteroatoms. The number of unbranched alkanes of at least 4 members (excludes halogenated alkanes) is 15. The minimum atomic E-state index is -0.445. The molecule has 0 heterocycles. The van der Waals surface area contributed by atoms with Crippen molar-refractivity contribution < 1.29 is 14.9 Å². The molecule has 27 heavy (non-hydrogen) atoms. The monoisotopic (exact) mass is 388 g/mol. The SMILES string of the molecule is CC(O)COC(C)CO.CCCCCCCCCCCCCCCCCC. The van der Waals surface area contributed by atoms with Crippen molar-refractivity contribution in [3.05, 3.63) is 0 Å². The summed E-state index contributed by atoms with van der Waals surface area (Å²) in [4.78, 5) is 0. The summed E-state index contributed by atoms with van der Waals surface area (Å²) >= 11 is 0. The lowest BCUT2D eigenvalue weighted by Gasteiger charge is -2.10. The van der Waals surface area contributed by atoms with E-state index in [1.165, 1.54) is 103 Å². The minimum absolute atomic E-state index is 0.00667. The second-order valence-corrected chi connectivity index (χ2v) is 8.13. The van der Waals surface area contributed by atoms with Crippen molar-refractivity contribution in [2.24, 2.45) is 0 Å². The van der Waals surface area contributed by atoms with Gasteiger partial charge in [-0.2, -0.15) is 0 Å². The number of aliphatic hydroxyl groups is 2. The van der Waals surface area contributed by atoms with E-state index in [1.807, 2.05) is 0 Å². The summed E-state index contributed by atoms with van der Waals surface area (Å²) in [6, 6.07) is 0. The summed E-state index contributed by atoms with van der Waals surface area (Å²) in [5.41, 5.74) is 0. The van der Waals surface area contributed by atoms with Gasteiger partial charge in [-0.3, -0.25) is 0 Å². The number of aliphatic hydroxyl groups excluding tert-OH is 2. The van der Waals surface area contributed by atoms with E-state index in [-0.39, 0.29) is 12.7 Å². The van der Waals surface area contributed by atoms with Crippen molar-refractivity contribution in [2.45, 2.75) is 143 Å². The Labute approximate surface area is 171 Å². The van der Waals surface area contributed by atoms with Crippen LogP contribution in [0.25, 0.3) is 0 Å². The van der Waals surface area contributed by atoms with E-state index in [9.17, 15) is 0 Å². The minimum Gasteiger partial charge on any atom is -0.394 e. The van der Waals surface area contributed by atoms with Crippen LogP contribution in [0.15, 0.2) is 0 Å². The summed E-state index contributed by atoms with van der Waals surface area (Å²) < 4.78 is 4.95. The molecule has 0 saturated heterocycles. The Morgan fingerprint density at radius 1 is 0.593 bits per heavy atom. The third-order valence-electron chi connectivity index (χ3n) is 4.84. The number of hydrogen-bond donors (Lipinski definition) is 2. The van der Waals surface area contributed by atoms with Gasteiger partial charge in [-0.25, -0.2) is 0 Å². The van der Waals surface area contributed by atoms with E-state index >= 15 is 0 Å². The molecule has 2 N–H and O–H groups in total. The van der Waals surface area contributed by atoms with E-state index in [1.54, 1.807) is 13.8 Å². The van der Waals surface area contributed by atoms with Crippen molar-refractivity contribution >= 4 is 0 Å². The predicted octanol–water partition coefficient (Wildman–Crippen LogP) is 7.03. The Morgan fingerprint density at radius 2 is 0.889 bits per heavy atom. The lowest BCUT2D eigenvalue weighted by atomic mass is 10.0. The van der Waals surface area contributed by atoms with Gasteiger partial charge >= 0.3 is 0 Å². The summed E-state index contributed by atoms with van der Waals surface area (Å²) in [5, 5.41) is 17.1. The number of ether oxygens (including phenoxy) is 1. The van der Waals surface area contributed by atoms with Crippen molar-refractivity contribution in [1.29, 1.82) is 0 Å². The molecule has 0 aromatic rings. The molecule has 0 aromatic carbocycles. The van der Waals surface area contributed by atoms with Gasteiger partial charge in [0, 0.05) is 0 Å². The van der Waals surface area contributed by atoms with E-state index in [2.05, 4.69) is 13.8 Å². The highest BCUT2D eigenvalue weighted by molar-refractivity contribution is 4.49. The summed E-state index contributed by atoms with van der Waals surface area (Å²) in [7, 11) is 0. The molecule has 0 radical (unpaired) electrons.